The molecule has 24 heavy (non-hydrogen) atoms. The Morgan fingerprint density at radius 3 is 2.58 bits per heavy atom. The van der Waals surface area contributed by atoms with Crippen molar-refractivity contribution in [1.29, 1.82) is 0 Å². The van der Waals surface area contributed by atoms with Crippen molar-refractivity contribution in [3.63, 3.8) is 0 Å². The zero-order valence-corrected chi connectivity index (χ0v) is 14.8. The zero-order valence-electron chi connectivity index (χ0n) is 13.8. The highest BCUT2D eigenvalue weighted by Crippen LogP contribution is 2.24. The Morgan fingerprint density at radius 1 is 1.25 bits per heavy atom. The van der Waals surface area contributed by atoms with Crippen molar-refractivity contribution in [2.75, 3.05) is 6.61 Å². The third-order valence-corrected chi connectivity index (χ3v) is 5.03. The molecule has 2 aromatic rings. The number of fused-ring (bicyclic) bond motifs is 1. The Kier molecular flexibility index (Phi) is 5.44. The van der Waals surface area contributed by atoms with Crippen LogP contribution in [0.4, 0.5) is 13.2 Å². The first-order valence-corrected chi connectivity index (χ1v) is 11.3. The molecular weight excluding hydrogens is 339 g/mol. The smallest absolute Gasteiger partial charge is 0.374 e. The van der Waals surface area contributed by atoms with Crippen LogP contribution in [0.25, 0.3) is 10.9 Å². The SMILES string of the molecule is C[Si](C)(C)CCOCc1nc(CC(F)(F)F)c2c[nH]c(=O)cc2n1. The summed E-state index contributed by atoms with van der Waals surface area (Å²) < 4.78 is 43.8. The standard InChI is InChI=1S/C15H20F3N3O2Si/c1-24(2,3)5-4-23-9-13-20-11-6-14(22)19-8-10(11)12(21-13)7-15(16,17)18/h6,8H,4-5,7,9H2,1-3H3,(H,19,22). The fourth-order valence-corrected chi connectivity index (χ4v) is 2.85. The highest BCUT2D eigenvalue weighted by Gasteiger charge is 2.30. The second-order valence-electron chi connectivity index (χ2n) is 6.84. The maximum Gasteiger partial charge on any atom is 0.394 e. The summed E-state index contributed by atoms with van der Waals surface area (Å²) in [5.41, 5.74) is -0.394. The maximum absolute atomic E-state index is 12.8. The van der Waals surface area contributed by atoms with Crippen molar-refractivity contribution in [3.8, 4) is 0 Å². The molecule has 9 heteroatoms. The van der Waals surface area contributed by atoms with E-state index in [4.69, 9.17) is 4.74 Å². The summed E-state index contributed by atoms with van der Waals surface area (Å²) in [4.78, 5) is 21.9. The molecule has 0 bridgehead atoms. The van der Waals surface area contributed by atoms with Crippen LogP contribution in [-0.4, -0.2) is 35.8 Å². The molecule has 1 N–H and O–H groups in total. The number of rotatable bonds is 6. The molecule has 2 heterocycles. The summed E-state index contributed by atoms with van der Waals surface area (Å²) in [6.45, 7) is 7.16. The predicted molar refractivity (Wildman–Crippen MR) is 87.7 cm³/mol. The van der Waals surface area contributed by atoms with Gasteiger partial charge in [-0.3, -0.25) is 4.79 Å². The molecule has 0 aliphatic carbocycles. The van der Waals surface area contributed by atoms with Gasteiger partial charge in [-0.15, -0.1) is 0 Å². The molecule has 0 radical (unpaired) electrons. The summed E-state index contributed by atoms with van der Waals surface area (Å²) in [5.74, 6) is 0.155. The van der Waals surface area contributed by atoms with E-state index in [2.05, 4.69) is 34.6 Å². The number of nitrogens with zero attached hydrogens (tertiary/aromatic N) is 2. The van der Waals surface area contributed by atoms with Crippen molar-refractivity contribution < 1.29 is 17.9 Å². The number of halogens is 3. The molecule has 0 unspecified atom stereocenters. The number of ether oxygens (including phenoxy) is 1. The molecular formula is C15H20F3N3O2Si. The number of aromatic nitrogens is 3. The number of hydrogen-bond donors (Lipinski definition) is 1. The quantitative estimate of drug-likeness (QED) is 0.635. The van der Waals surface area contributed by atoms with Crippen molar-refractivity contribution in [2.45, 2.75) is 44.9 Å². The summed E-state index contributed by atoms with van der Waals surface area (Å²) in [6, 6.07) is 2.11. The normalized spacial score (nSPS) is 12.8. The van der Waals surface area contributed by atoms with Crippen LogP contribution < -0.4 is 5.56 Å². The molecule has 2 aromatic heterocycles. The van der Waals surface area contributed by atoms with Crippen LogP contribution in [0, 0.1) is 0 Å². The average Bonchev–Trinajstić information content (AvgIpc) is 2.40. The Hall–Kier alpha value is -1.74. The van der Waals surface area contributed by atoms with Crippen LogP contribution >= 0.6 is 0 Å². The lowest BCUT2D eigenvalue weighted by molar-refractivity contribution is -0.127. The van der Waals surface area contributed by atoms with Gasteiger partial charge in [-0.05, 0) is 6.04 Å². The van der Waals surface area contributed by atoms with Crippen LogP contribution in [0.2, 0.25) is 25.7 Å². The lowest BCUT2D eigenvalue weighted by Crippen LogP contribution is -2.21. The lowest BCUT2D eigenvalue weighted by atomic mass is 10.2. The molecule has 5 nitrogen and oxygen atoms in total. The highest BCUT2D eigenvalue weighted by atomic mass is 28.3. The summed E-state index contributed by atoms with van der Waals surface area (Å²) in [7, 11) is -1.25. The second kappa shape index (κ2) is 7.02. The first-order valence-electron chi connectivity index (χ1n) is 7.56. The van der Waals surface area contributed by atoms with Crippen molar-refractivity contribution in [3.05, 3.63) is 34.1 Å². The molecule has 0 amide bonds. The van der Waals surface area contributed by atoms with Crippen LogP contribution in [0.15, 0.2) is 17.1 Å². The summed E-state index contributed by atoms with van der Waals surface area (Å²) in [5, 5.41) is 0.192. The third kappa shape index (κ3) is 5.71. The largest absolute Gasteiger partial charge is 0.394 e. The predicted octanol–water partition coefficient (Wildman–Crippen LogP) is 3.28. The van der Waals surface area contributed by atoms with E-state index >= 15 is 0 Å². The maximum atomic E-state index is 12.8. The third-order valence-electron chi connectivity index (χ3n) is 3.32. The Balaban J connectivity index is 2.25. The summed E-state index contributed by atoms with van der Waals surface area (Å²) in [6.07, 6.45) is -4.36. The minimum atomic E-state index is -4.40. The van der Waals surface area contributed by atoms with Crippen molar-refractivity contribution in [2.24, 2.45) is 0 Å². The van der Waals surface area contributed by atoms with Crippen LogP contribution in [0.3, 0.4) is 0 Å². The molecule has 0 saturated carbocycles. The van der Waals surface area contributed by atoms with Gasteiger partial charge in [0.25, 0.3) is 0 Å². The fourth-order valence-electron chi connectivity index (χ4n) is 2.10. The molecule has 0 spiro atoms. The molecule has 0 aromatic carbocycles. The van der Waals surface area contributed by atoms with E-state index in [-0.39, 0.29) is 29.0 Å². The van der Waals surface area contributed by atoms with Gasteiger partial charge in [0.2, 0.25) is 5.56 Å². The topological polar surface area (TPSA) is 67.9 Å². The second-order valence-corrected chi connectivity index (χ2v) is 12.5. The number of H-pyrrole nitrogens is 1. The highest BCUT2D eigenvalue weighted by molar-refractivity contribution is 6.76. The fraction of sp³-hybridized carbons (Fsp3) is 0.533. The Morgan fingerprint density at radius 2 is 1.96 bits per heavy atom. The Bertz CT molecular complexity index is 769. The van der Waals surface area contributed by atoms with Gasteiger partial charge in [-0.25, -0.2) is 9.97 Å². The van der Waals surface area contributed by atoms with Gasteiger partial charge in [0.1, 0.15) is 6.61 Å². The minimum absolute atomic E-state index is 0.0259. The molecule has 0 atom stereocenters. The zero-order chi connectivity index (χ0) is 18.0. The van der Waals surface area contributed by atoms with Gasteiger partial charge in [0, 0.05) is 32.3 Å². The average molecular weight is 359 g/mol. The van der Waals surface area contributed by atoms with Crippen LogP contribution in [0.5, 0.6) is 0 Å². The molecule has 132 valence electrons. The van der Waals surface area contributed by atoms with Gasteiger partial charge in [-0.1, -0.05) is 19.6 Å². The van der Waals surface area contributed by atoms with Crippen LogP contribution in [-0.2, 0) is 17.8 Å². The molecule has 0 aliphatic heterocycles. The van der Waals surface area contributed by atoms with Gasteiger partial charge in [-0.2, -0.15) is 13.2 Å². The number of alkyl halides is 3. The Labute approximate surface area is 138 Å². The molecule has 0 aliphatic rings. The van der Waals surface area contributed by atoms with E-state index in [1.54, 1.807) is 0 Å². The van der Waals surface area contributed by atoms with Gasteiger partial charge < -0.3 is 9.72 Å². The number of pyridine rings is 1. The first kappa shape index (κ1) is 18.6. The monoisotopic (exact) mass is 359 g/mol. The van der Waals surface area contributed by atoms with Crippen molar-refractivity contribution >= 4 is 19.0 Å². The minimum Gasteiger partial charge on any atom is -0.374 e. The van der Waals surface area contributed by atoms with E-state index in [1.807, 2.05) is 0 Å². The van der Waals surface area contributed by atoms with Gasteiger partial charge in [0.15, 0.2) is 5.82 Å². The van der Waals surface area contributed by atoms with Crippen molar-refractivity contribution in [1.82, 2.24) is 15.0 Å². The van der Waals surface area contributed by atoms with E-state index in [0.717, 1.165) is 6.04 Å². The molecule has 2 rings (SSSR count). The first-order chi connectivity index (χ1) is 11.0. The number of hydrogen-bond acceptors (Lipinski definition) is 4. The molecule has 0 fully saturated rings. The lowest BCUT2D eigenvalue weighted by Gasteiger charge is -2.15. The number of nitrogens with one attached hydrogen (secondary N) is 1. The van der Waals surface area contributed by atoms with E-state index < -0.39 is 26.2 Å². The van der Waals surface area contributed by atoms with Crippen LogP contribution in [0.1, 0.15) is 11.5 Å². The van der Waals surface area contributed by atoms with E-state index in [0.29, 0.717) is 6.61 Å². The van der Waals surface area contributed by atoms with Gasteiger partial charge >= 0.3 is 6.18 Å². The van der Waals surface area contributed by atoms with E-state index in [1.165, 1.54) is 12.3 Å². The molecule has 0 saturated heterocycles. The van der Waals surface area contributed by atoms with Gasteiger partial charge in [0.05, 0.1) is 17.6 Å². The summed E-state index contributed by atoms with van der Waals surface area (Å²) >= 11 is 0. The van der Waals surface area contributed by atoms with E-state index in [9.17, 15) is 18.0 Å². The number of aromatic amines is 1.